The average molecular weight is 761 g/mol. The fourth-order valence-electron chi connectivity index (χ4n) is 6.72. The van der Waals surface area contributed by atoms with Gasteiger partial charge in [-0.2, -0.15) is 0 Å². The standard InChI is InChI=1S/C40H73O11P/c1-4-6-17-23-33(41)27-28-36-35(37(42)29-38(36)43)24-19-15-16-20-25-39(44)49-30-34(31-50-52(46,47)48)51-40(45)26-21-14-12-10-8-7-9-11-13-18-22-32(3)5-2/h27-28,32-36,38,41,43H,4-26,29-31H2,1-3H3,(H2,46,47,48)/b28-27+/t32?,33-,34+,35+,36+,38+/m0/s1. The predicted molar refractivity (Wildman–Crippen MR) is 203 cm³/mol. The van der Waals surface area contributed by atoms with Crippen LogP contribution in [0.15, 0.2) is 12.2 Å². The molecule has 1 unspecified atom stereocenters. The zero-order valence-electron chi connectivity index (χ0n) is 32.6. The topological polar surface area (TPSA) is 177 Å². The van der Waals surface area contributed by atoms with E-state index in [-0.39, 0.29) is 43.5 Å². The number of rotatable bonds is 33. The highest BCUT2D eigenvalue weighted by molar-refractivity contribution is 7.46. The number of aliphatic hydroxyl groups excluding tert-OH is 2. The first-order valence-electron chi connectivity index (χ1n) is 20.5. The van der Waals surface area contributed by atoms with E-state index < -0.39 is 44.7 Å². The van der Waals surface area contributed by atoms with Crippen LogP contribution in [-0.2, 0) is 32.9 Å². The second kappa shape index (κ2) is 29.7. The molecule has 1 rings (SSSR count). The van der Waals surface area contributed by atoms with E-state index in [0.717, 1.165) is 63.7 Å². The molecule has 0 spiro atoms. The van der Waals surface area contributed by atoms with Gasteiger partial charge in [-0.3, -0.25) is 18.9 Å². The van der Waals surface area contributed by atoms with E-state index in [2.05, 4.69) is 25.3 Å². The second-order valence-corrected chi connectivity index (χ2v) is 16.2. The Bertz CT molecular complexity index is 1030. The molecule has 4 N–H and O–H groups in total. The Labute approximate surface area is 314 Å². The van der Waals surface area contributed by atoms with Gasteiger partial charge in [-0.15, -0.1) is 0 Å². The maximum Gasteiger partial charge on any atom is 0.469 e. The zero-order chi connectivity index (χ0) is 38.6. The Hall–Kier alpha value is -1.62. The number of hydrogen-bond donors (Lipinski definition) is 4. The van der Waals surface area contributed by atoms with E-state index in [1.54, 1.807) is 6.08 Å². The molecule has 0 heterocycles. The Morgan fingerprint density at radius 2 is 1.37 bits per heavy atom. The Kier molecular flexibility index (Phi) is 27.6. The van der Waals surface area contributed by atoms with Crippen LogP contribution in [0, 0.1) is 17.8 Å². The largest absolute Gasteiger partial charge is 0.469 e. The third-order valence-electron chi connectivity index (χ3n) is 10.2. The number of carbonyl (C=O) groups is 3. The van der Waals surface area contributed by atoms with Gasteiger partial charge in [0.25, 0.3) is 0 Å². The summed E-state index contributed by atoms with van der Waals surface area (Å²) in [5, 5.41) is 20.6. The summed E-state index contributed by atoms with van der Waals surface area (Å²) < 4.78 is 26.4. The van der Waals surface area contributed by atoms with Crippen molar-refractivity contribution < 1.29 is 52.9 Å². The summed E-state index contributed by atoms with van der Waals surface area (Å²) in [6.07, 6.45) is 22.6. The van der Waals surface area contributed by atoms with E-state index in [0.29, 0.717) is 25.7 Å². The first-order chi connectivity index (χ1) is 24.9. The summed E-state index contributed by atoms with van der Waals surface area (Å²) in [4.78, 5) is 55.5. The van der Waals surface area contributed by atoms with Crippen molar-refractivity contribution in [3.63, 3.8) is 0 Å². The van der Waals surface area contributed by atoms with E-state index in [1.165, 1.54) is 51.4 Å². The molecule has 0 aromatic rings. The molecule has 0 amide bonds. The molecule has 304 valence electrons. The van der Waals surface area contributed by atoms with Crippen molar-refractivity contribution in [1.82, 2.24) is 0 Å². The number of unbranched alkanes of at least 4 members (excludes halogenated alkanes) is 14. The van der Waals surface area contributed by atoms with Gasteiger partial charge < -0.3 is 29.5 Å². The number of ketones is 1. The van der Waals surface area contributed by atoms with Gasteiger partial charge >= 0.3 is 19.8 Å². The summed E-state index contributed by atoms with van der Waals surface area (Å²) in [7, 11) is -4.81. The molecular weight excluding hydrogens is 687 g/mol. The van der Waals surface area contributed by atoms with Gasteiger partial charge in [0, 0.05) is 31.1 Å². The van der Waals surface area contributed by atoms with E-state index in [9.17, 15) is 29.2 Å². The van der Waals surface area contributed by atoms with Gasteiger partial charge in [-0.05, 0) is 31.6 Å². The number of Topliss-reactive ketones (excluding diaryl/α,β-unsaturated/α-hetero) is 1. The smallest absolute Gasteiger partial charge is 0.462 e. The molecule has 0 aromatic heterocycles. The Balaban J connectivity index is 2.28. The van der Waals surface area contributed by atoms with Crippen LogP contribution in [0.5, 0.6) is 0 Å². The van der Waals surface area contributed by atoms with Crippen LogP contribution in [0.2, 0.25) is 0 Å². The highest BCUT2D eigenvalue weighted by Crippen LogP contribution is 2.36. The molecule has 0 aliphatic heterocycles. The van der Waals surface area contributed by atoms with Crippen LogP contribution in [-0.4, -0.2) is 69.2 Å². The fraction of sp³-hybridized carbons (Fsp3) is 0.875. The van der Waals surface area contributed by atoms with Gasteiger partial charge in [-0.25, -0.2) is 4.57 Å². The van der Waals surface area contributed by atoms with Gasteiger partial charge in [0.05, 0.1) is 18.8 Å². The summed E-state index contributed by atoms with van der Waals surface area (Å²) in [6, 6.07) is 0. The molecule has 6 atom stereocenters. The minimum Gasteiger partial charge on any atom is -0.462 e. The molecule has 12 heteroatoms. The quantitative estimate of drug-likeness (QED) is 0.0218. The number of phosphoric ester groups is 1. The molecule has 1 aliphatic rings. The lowest BCUT2D eigenvalue weighted by atomic mass is 9.88. The first kappa shape index (κ1) is 48.4. The maximum absolute atomic E-state index is 12.5. The fourth-order valence-corrected chi connectivity index (χ4v) is 7.08. The van der Waals surface area contributed by atoms with E-state index in [1.807, 2.05) is 6.08 Å². The first-order valence-corrected chi connectivity index (χ1v) is 22.0. The van der Waals surface area contributed by atoms with Crippen LogP contribution in [0.1, 0.15) is 175 Å². The third-order valence-corrected chi connectivity index (χ3v) is 10.7. The molecule has 11 nitrogen and oxygen atoms in total. The number of phosphoric acid groups is 1. The van der Waals surface area contributed by atoms with Crippen LogP contribution in [0.25, 0.3) is 0 Å². The molecule has 0 aromatic carbocycles. The SMILES string of the molecule is CCCCC[C@H](O)/C=C/[C@H]1[C@H](O)CC(=O)[C@@H]1CCCCCCC(=O)OC[C@H](COP(=O)(O)O)OC(=O)CCCCCCCCCCCCC(C)CC. The Morgan fingerprint density at radius 1 is 0.808 bits per heavy atom. The lowest BCUT2D eigenvalue weighted by Gasteiger charge is -2.18. The molecule has 1 fully saturated rings. The van der Waals surface area contributed by atoms with Crippen LogP contribution >= 0.6 is 7.82 Å². The summed E-state index contributed by atoms with van der Waals surface area (Å²) in [5.41, 5.74) is 0. The molecule has 52 heavy (non-hydrogen) atoms. The van der Waals surface area contributed by atoms with Crippen molar-refractivity contribution in [2.24, 2.45) is 17.8 Å². The van der Waals surface area contributed by atoms with Crippen molar-refractivity contribution >= 4 is 25.5 Å². The van der Waals surface area contributed by atoms with Crippen molar-refractivity contribution in [1.29, 1.82) is 0 Å². The van der Waals surface area contributed by atoms with Crippen molar-refractivity contribution in [2.45, 2.75) is 193 Å². The Morgan fingerprint density at radius 3 is 1.96 bits per heavy atom. The summed E-state index contributed by atoms with van der Waals surface area (Å²) in [6.45, 7) is 5.71. The number of esters is 2. The number of aliphatic hydroxyl groups is 2. The monoisotopic (exact) mass is 760 g/mol. The van der Waals surface area contributed by atoms with E-state index in [4.69, 9.17) is 19.3 Å². The number of hydrogen-bond acceptors (Lipinski definition) is 9. The van der Waals surface area contributed by atoms with Gasteiger partial charge in [-0.1, -0.05) is 142 Å². The van der Waals surface area contributed by atoms with Crippen molar-refractivity contribution in [2.75, 3.05) is 13.2 Å². The molecule has 0 radical (unpaired) electrons. The lowest BCUT2D eigenvalue weighted by Crippen LogP contribution is -2.29. The lowest BCUT2D eigenvalue weighted by molar-refractivity contribution is -0.161. The second-order valence-electron chi connectivity index (χ2n) is 15.0. The highest BCUT2D eigenvalue weighted by Gasteiger charge is 2.39. The van der Waals surface area contributed by atoms with E-state index >= 15 is 0 Å². The average Bonchev–Trinajstić information content (AvgIpc) is 3.37. The van der Waals surface area contributed by atoms with Crippen molar-refractivity contribution in [3.8, 4) is 0 Å². The minimum absolute atomic E-state index is 0.0447. The summed E-state index contributed by atoms with van der Waals surface area (Å²) >= 11 is 0. The zero-order valence-corrected chi connectivity index (χ0v) is 33.5. The maximum atomic E-state index is 12.5. The molecule has 0 saturated heterocycles. The normalized spacial score (nSPS) is 19.6. The van der Waals surface area contributed by atoms with Crippen LogP contribution in [0.3, 0.4) is 0 Å². The van der Waals surface area contributed by atoms with Gasteiger partial charge in [0.1, 0.15) is 12.4 Å². The van der Waals surface area contributed by atoms with Gasteiger partial charge in [0.15, 0.2) is 6.10 Å². The van der Waals surface area contributed by atoms with Crippen LogP contribution < -0.4 is 0 Å². The summed E-state index contributed by atoms with van der Waals surface area (Å²) in [5.74, 6) is -0.733. The van der Waals surface area contributed by atoms with Crippen LogP contribution in [0.4, 0.5) is 0 Å². The number of ether oxygens (including phenoxy) is 2. The minimum atomic E-state index is -4.81. The predicted octanol–water partition coefficient (Wildman–Crippen LogP) is 8.68. The molecule has 1 aliphatic carbocycles. The van der Waals surface area contributed by atoms with Crippen molar-refractivity contribution in [3.05, 3.63) is 12.2 Å². The molecular formula is C40H73O11P. The molecule has 0 bridgehead atoms. The van der Waals surface area contributed by atoms with Gasteiger partial charge in [0.2, 0.25) is 0 Å². The highest BCUT2D eigenvalue weighted by atomic mass is 31.2. The molecule has 1 saturated carbocycles. The number of carbonyl (C=O) groups excluding carboxylic acids is 3. The third kappa shape index (κ3) is 25.4.